The van der Waals surface area contributed by atoms with E-state index in [1.807, 2.05) is 6.92 Å². The number of carbonyl (C=O) groups is 2. The molecule has 1 amide bonds. The Hall–Kier alpha value is -0.860. The van der Waals surface area contributed by atoms with Gasteiger partial charge in [-0.05, 0) is 6.42 Å². The van der Waals surface area contributed by atoms with Crippen LogP contribution in [0.1, 0.15) is 19.8 Å². The summed E-state index contributed by atoms with van der Waals surface area (Å²) in [6.07, 6.45) is 1.19. The van der Waals surface area contributed by atoms with Crippen LogP contribution in [-0.2, 0) is 9.59 Å². The number of nitrogens with one attached hydrogen (secondary N) is 1. The highest BCUT2D eigenvalue weighted by Gasteiger charge is 2.24. The number of Topliss-reactive ketones (excluding diaryl/α,β-unsaturated/α-hetero) is 1. The molecule has 1 saturated heterocycles. The van der Waals surface area contributed by atoms with E-state index in [1.165, 1.54) is 0 Å². The van der Waals surface area contributed by atoms with E-state index in [4.69, 9.17) is 0 Å². The van der Waals surface area contributed by atoms with Crippen LogP contribution in [-0.4, -0.2) is 18.2 Å². The third-order valence-corrected chi connectivity index (χ3v) is 1.80. The van der Waals surface area contributed by atoms with Crippen molar-refractivity contribution < 1.29 is 9.59 Å². The Balaban J connectivity index is 2.53. The first kappa shape index (κ1) is 7.25. The van der Waals surface area contributed by atoms with Crippen LogP contribution in [0.5, 0.6) is 0 Å². The molecule has 1 N–H and O–H groups in total. The first-order valence-electron chi connectivity index (χ1n) is 3.53. The molecule has 0 aliphatic carbocycles. The topological polar surface area (TPSA) is 46.2 Å². The molecule has 0 spiro atoms. The number of carbonyl (C=O) groups excluding carboxylic acids is 2. The van der Waals surface area contributed by atoms with Gasteiger partial charge in [0, 0.05) is 12.3 Å². The Labute approximate surface area is 59.8 Å². The van der Waals surface area contributed by atoms with Gasteiger partial charge in [0.05, 0.1) is 6.54 Å². The van der Waals surface area contributed by atoms with Crippen molar-refractivity contribution >= 4 is 11.7 Å². The van der Waals surface area contributed by atoms with E-state index in [-0.39, 0.29) is 24.2 Å². The van der Waals surface area contributed by atoms with Gasteiger partial charge in [-0.2, -0.15) is 0 Å². The van der Waals surface area contributed by atoms with Gasteiger partial charge in [-0.1, -0.05) is 6.92 Å². The van der Waals surface area contributed by atoms with Crippen LogP contribution < -0.4 is 5.32 Å². The van der Waals surface area contributed by atoms with Gasteiger partial charge < -0.3 is 5.32 Å². The van der Waals surface area contributed by atoms with E-state index >= 15 is 0 Å². The van der Waals surface area contributed by atoms with Crippen LogP contribution in [0.3, 0.4) is 0 Å². The number of rotatable bonds is 1. The van der Waals surface area contributed by atoms with Crippen molar-refractivity contribution in [2.45, 2.75) is 19.8 Å². The quantitative estimate of drug-likeness (QED) is 0.563. The number of hydrogen-bond acceptors (Lipinski definition) is 2. The second kappa shape index (κ2) is 2.82. The highest BCUT2D eigenvalue weighted by Crippen LogP contribution is 2.11. The van der Waals surface area contributed by atoms with Crippen molar-refractivity contribution in [2.24, 2.45) is 5.92 Å². The van der Waals surface area contributed by atoms with Gasteiger partial charge in [-0.3, -0.25) is 9.59 Å². The monoisotopic (exact) mass is 141 g/mol. The van der Waals surface area contributed by atoms with Gasteiger partial charge in [-0.15, -0.1) is 0 Å². The zero-order chi connectivity index (χ0) is 7.56. The van der Waals surface area contributed by atoms with Crippen molar-refractivity contribution in [2.75, 3.05) is 6.54 Å². The molecule has 1 rings (SSSR count). The average molecular weight is 141 g/mol. The highest BCUT2D eigenvalue weighted by molar-refractivity contribution is 5.94. The maximum absolute atomic E-state index is 10.9. The summed E-state index contributed by atoms with van der Waals surface area (Å²) in [6, 6.07) is 0. The molecule has 1 heterocycles. The number of piperidine rings is 1. The van der Waals surface area contributed by atoms with Gasteiger partial charge in [0.15, 0.2) is 5.78 Å². The van der Waals surface area contributed by atoms with E-state index in [0.29, 0.717) is 6.42 Å². The predicted molar refractivity (Wildman–Crippen MR) is 36.4 cm³/mol. The molecule has 0 radical (unpaired) electrons. The third-order valence-electron chi connectivity index (χ3n) is 1.80. The normalized spacial score (nSPS) is 26.3. The summed E-state index contributed by atoms with van der Waals surface area (Å²) >= 11 is 0. The van der Waals surface area contributed by atoms with Gasteiger partial charge in [-0.25, -0.2) is 0 Å². The third kappa shape index (κ3) is 1.35. The fourth-order valence-electron chi connectivity index (χ4n) is 1.10. The van der Waals surface area contributed by atoms with Gasteiger partial charge in [0.2, 0.25) is 5.91 Å². The Morgan fingerprint density at radius 1 is 1.60 bits per heavy atom. The largest absolute Gasteiger partial charge is 0.349 e. The maximum Gasteiger partial charge on any atom is 0.223 e. The van der Waals surface area contributed by atoms with E-state index in [9.17, 15) is 9.59 Å². The fraction of sp³-hybridized carbons (Fsp3) is 0.714. The number of amides is 1. The standard InChI is InChI=1S/C7H11NO2/c1-2-5-3-6(9)4-8-7(5)10/h5H,2-4H2,1H3,(H,8,10). The Bertz CT molecular complexity index is 165. The summed E-state index contributed by atoms with van der Waals surface area (Å²) in [4.78, 5) is 21.7. The molecule has 1 unspecified atom stereocenters. The first-order valence-corrected chi connectivity index (χ1v) is 3.53. The summed E-state index contributed by atoms with van der Waals surface area (Å²) in [5, 5.41) is 2.54. The van der Waals surface area contributed by atoms with Gasteiger partial charge in [0.1, 0.15) is 0 Å². The molecule has 3 heteroatoms. The molecule has 56 valence electrons. The van der Waals surface area contributed by atoms with Gasteiger partial charge in [0.25, 0.3) is 0 Å². The summed E-state index contributed by atoms with van der Waals surface area (Å²) < 4.78 is 0. The van der Waals surface area contributed by atoms with Crippen LogP contribution in [0.2, 0.25) is 0 Å². The minimum atomic E-state index is -0.0683. The molecule has 1 fully saturated rings. The van der Waals surface area contributed by atoms with Crippen LogP contribution in [0.15, 0.2) is 0 Å². The van der Waals surface area contributed by atoms with Gasteiger partial charge >= 0.3 is 0 Å². The average Bonchev–Trinajstić information content (AvgIpc) is 1.94. The lowest BCUT2D eigenvalue weighted by molar-refractivity contribution is -0.134. The SMILES string of the molecule is CCC1CC(=O)CNC1=O. The molecule has 0 aromatic heterocycles. The van der Waals surface area contributed by atoms with Crippen molar-refractivity contribution in [1.82, 2.24) is 5.32 Å². The zero-order valence-corrected chi connectivity index (χ0v) is 6.02. The van der Waals surface area contributed by atoms with Crippen molar-refractivity contribution in [1.29, 1.82) is 0 Å². The smallest absolute Gasteiger partial charge is 0.223 e. The maximum atomic E-state index is 10.9. The summed E-state index contributed by atoms with van der Waals surface area (Å²) in [5.74, 6) is 0.106. The molecule has 10 heavy (non-hydrogen) atoms. The lowest BCUT2D eigenvalue weighted by Gasteiger charge is -2.18. The molecule has 3 nitrogen and oxygen atoms in total. The summed E-state index contributed by atoms with van der Waals surface area (Å²) in [6.45, 7) is 2.15. The lowest BCUT2D eigenvalue weighted by Crippen LogP contribution is -2.41. The predicted octanol–water partition coefficient (Wildman–Crippen LogP) is 0.102. The van der Waals surface area contributed by atoms with Crippen molar-refractivity contribution in [3.63, 3.8) is 0 Å². The molecular weight excluding hydrogens is 130 g/mol. The molecule has 0 aromatic rings. The van der Waals surface area contributed by atoms with E-state index in [0.717, 1.165) is 6.42 Å². The Morgan fingerprint density at radius 3 is 2.80 bits per heavy atom. The van der Waals surface area contributed by atoms with E-state index in [1.54, 1.807) is 0 Å². The zero-order valence-electron chi connectivity index (χ0n) is 6.02. The minimum Gasteiger partial charge on any atom is -0.349 e. The second-order valence-corrected chi connectivity index (χ2v) is 2.57. The molecule has 1 atom stereocenters. The van der Waals surface area contributed by atoms with Crippen LogP contribution in [0, 0.1) is 5.92 Å². The molecule has 1 aliphatic rings. The van der Waals surface area contributed by atoms with E-state index in [2.05, 4.69) is 5.32 Å². The van der Waals surface area contributed by atoms with Crippen molar-refractivity contribution in [3.8, 4) is 0 Å². The second-order valence-electron chi connectivity index (χ2n) is 2.57. The summed E-state index contributed by atoms with van der Waals surface area (Å²) in [7, 11) is 0. The number of hydrogen-bond donors (Lipinski definition) is 1. The van der Waals surface area contributed by atoms with Crippen LogP contribution in [0.4, 0.5) is 0 Å². The highest BCUT2D eigenvalue weighted by atomic mass is 16.2. The first-order chi connectivity index (χ1) is 4.74. The number of ketones is 1. The molecular formula is C7H11NO2. The van der Waals surface area contributed by atoms with Crippen molar-refractivity contribution in [3.05, 3.63) is 0 Å². The molecule has 0 saturated carbocycles. The van der Waals surface area contributed by atoms with Crippen LogP contribution >= 0.6 is 0 Å². The molecule has 0 bridgehead atoms. The Kier molecular flexibility index (Phi) is 2.04. The molecule has 0 aromatic carbocycles. The molecule has 1 aliphatic heterocycles. The fourth-order valence-corrected chi connectivity index (χ4v) is 1.10. The Morgan fingerprint density at radius 2 is 2.30 bits per heavy atom. The summed E-state index contributed by atoms with van der Waals surface area (Å²) in [5.41, 5.74) is 0. The lowest BCUT2D eigenvalue weighted by atomic mass is 9.95. The van der Waals surface area contributed by atoms with Crippen LogP contribution in [0.25, 0.3) is 0 Å². The minimum absolute atomic E-state index is 0.0297. The van der Waals surface area contributed by atoms with E-state index < -0.39 is 0 Å².